The number of nitrogens with one attached hydrogen (secondary N) is 1. The number of aromatic carboxylic acids is 1. The van der Waals surface area contributed by atoms with E-state index in [1.54, 1.807) is 12.1 Å². The highest BCUT2D eigenvalue weighted by molar-refractivity contribution is 8.24. The van der Waals surface area contributed by atoms with Crippen molar-refractivity contribution in [1.82, 2.24) is 10.2 Å². The van der Waals surface area contributed by atoms with Crippen LogP contribution >= 0.6 is 50.5 Å². The van der Waals surface area contributed by atoms with Crippen molar-refractivity contribution in [3.63, 3.8) is 0 Å². The zero-order valence-corrected chi connectivity index (χ0v) is 81.6. The molecule has 3 aliphatic carbocycles. The van der Waals surface area contributed by atoms with E-state index in [1.165, 1.54) is 76.2 Å². The number of allylic oxidation sites excluding steroid dienone is 15. The number of hydrogen-bond donors (Lipinski definition) is 2. The smallest absolute Gasteiger partial charge is 0.339 e. The Morgan fingerprint density at radius 3 is 1.11 bits per heavy atom. The molecule has 2 N–H and O–H groups in total. The Balaban J connectivity index is 0.000000204. The van der Waals surface area contributed by atoms with Crippen LogP contribution in [0.2, 0.25) is 39.3 Å². The lowest BCUT2D eigenvalue weighted by atomic mass is 9.86. The molecule has 121 heavy (non-hydrogen) atoms. The maximum atomic E-state index is 13.9. The normalized spacial score (nSPS) is 17.0. The van der Waals surface area contributed by atoms with Crippen LogP contribution in [0.1, 0.15) is 111 Å². The van der Waals surface area contributed by atoms with Crippen LogP contribution in [0.4, 0.5) is 17.1 Å². The van der Waals surface area contributed by atoms with Crippen molar-refractivity contribution in [2.75, 3.05) is 125 Å². The number of piperidine rings is 2. The molecule has 6 aromatic carbocycles. The molecule has 0 saturated carbocycles. The predicted molar refractivity (Wildman–Crippen MR) is 501 cm³/mol. The summed E-state index contributed by atoms with van der Waals surface area (Å²) in [5.74, 6) is -2.24. The van der Waals surface area contributed by atoms with Crippen LogP contribution in [-0.2, 0) is 18.9 Å². The number of carboxylic acids is 2. The standard InChI is InChI=1S/C32H37N3O3Si.C26H28ClN2OSi.C26H28N2O2Si.C10H19NO2.Cl3OP.2ClH/c1-33(2)22-11-13-26-28(19-22)39(5,6)29-20-23(34(3)4)12-14-27(29)30(26)24-9-7-8-10-25(24)31(36)35-17-15-21(16-18-35)32(37)38;1-28(2)17-11-13-21-23(15-17)31(5,6)24-16-18(29(3)4)12-14-22(24)25(21)19-9-7-8-10-20(19)26(27)30;1-27(2)17-11-13-21-23(15-17)31(5,6)24-16-18(28(3)4)12-14-22(24)25(21)19-9-7-8-10-20(19)26(29)30;1-10(2,3)13-9(12)8-4-6-11-7-5-8;1-5(2,3)4;;/h7-14,19-21H,15-18H2,1-6H3;2*7-16H,1-6H3;8,11H,4-7H2,1-3H3;;2*1H/q;+1;;;;;/p-1. The number of aliphatic carboxylic acids is 1. The molecule has 14 rings (SSSR count). The van der Waals surface area contributed by atoms with E-state index in [-0.39, 0.29) is 59.7 Å². The number of amides is 1. The van der Waals surface area contributed by atoms with E-state index in [0.717, 1.165) is 76.3 Å². The summed E-state index contributed by atoms with van der Waals surface area (Å²) in [7, 11) is 18.7. The molecule has 27 heteroatoms. The SMILES string of the molecule is CC(C)(C)OC(=O)C1CCNCC1.CN(C)c1ccc2c(c1)[Si](C)(C)C1=CC(=[N+](C)C)C=CC1=C2c1ccccc1C(=O)Cl.CN(C)c1ccc2c(c1)[Si](C)(C)C1=CC(=[N+](C)C)C=CC1=C2c1ccccc1C(=O)N1CCC(C(=O)O)CC1.CN(C)c1ccc2c(c1)[Si](C)(C)C1=CC(=[N+](C)C)C=CC1=C2c1ccccc1C(=O)[O-].O=P(Cl)(Cl)Cl.[Cl-].[Cl-]. The van der Waals surface area contributed by atoms with Crippen LogP contribution in [0, 0.1) is 11.8 Å². The summed E-state index contributed by atoms with van der Waals surface area (Å²) in [6, 6.07) is 42.8. The van der Waals surface area contributed by atoms with Crippen molar-refractivity contribution < 1.29 is 82.0 Å². The van der Waals surface area contributed by atoms with Gasteiger partial charge in [-0.25, -0.2) is 13.7 Å². The zero-order valence-electron chi connectivity index (χ0n) is 73.2. The maximum absolute atomic E-state index is 13.9. The van der Waals surface area contributed by atoms with Gasteiger partial charge in [0.1, 0.15) is 72.1 Å². The molecule has 0 spiro atoms. The highest BCUT2D eigenvalue weighted by atomic mass is 36.0. The largest absolute Gasteiger partial charge is 1.00 e. The van der Waals surface area contributed by atoms with E-state index in [9.17, 15) is 38.8 Å². The topological polar surface area (TPSA) is 189 Å². The molecule has 2 fully saturated rings. The number of carboxylic acid groups (broad SMARTS) is 2. The van der Waals surface area contributed by atoms with Crippen molar-refractivity contribution in [1.29, 1.82) is 0 Å². The minimum Gasteiger partial charge on any atom is -1.00 e. The Morgan fingerprint density at radius 1 is 0.488 bits per heavy atom. The zero-order chi connectivity index (χ0) is 87.5. The Hall–Kier alpha value is -8.48. The van der Waals surface area contributed by atoms with Crippen LogP contribution in [0.15, 0.2) is 214 Å². The van der Waals surface area contributed by atoms with E-state index in [2.05, 4.69) is 278 Å². The summed E-state index contributed by atoms with van der Waals surface area (Å²) < 4.78 is 21.2. The Labute approximate surface area is 749 Å². The molecule has 6 aromatic rings. The van der Waals surface area contributed by atoms with Crippen molar-refractivity contribution in [2.24, 2.45) is 11.8 Å². The highest BCUT2D eigenvalue weighted by Gasteiger charge is 2.45. The van der Waals surface area contributed by atoms with Crippen molar-refractivity contribution in [3.05, 3.63) is 264 Å². The number of nitrogens with zero attached hydrogens (tertiary/aromatic N) is 7. The summed E-state index contributed by atoms with van der Waals surface area (Å²) >= 11 is 19.9. The summed E-state index contributed by atoms with van der Waals surface area (Å²) in [5.41, 5.74) is 20.9. The fourth-order valence-electron chi connectivity index (χ4n) is 16.6. The third kappa shape index (κ3) is 22.2. The minimum atomic E-state index is -3.22. The summed E-state index contributed by atoms with van der Waals surface area (Å²) in [6.45, 7) is 23.0. The number of anilines is 3. The first-order valence-corrected chi connectivity index (χ1v) is 53.9. The van der Waals surface area contributed by atoms with Gasteiger partial charge in [0.2, 0.25) is 0 Å². The number of carbonyl (C=O) groups is 5. The minimum absolute atomic E-state index is 0. The van der Waals surface area contributed by atoms with Gasteiger partial charge in [0, 0.05) is 126 Å². The second kappa shape index (κ2) is 40.0. The van der Waals surface area contributed by atoms with Gasteiger partial charge in [-0.3, -0.25) is 23.7 Å². The predicted octanol–water partition coefficient (Wildman–Crippen LogP) is 9.52. The molecule has 8 aliphatic rings. The van der Waals surface area contributed by atoms with E-state index in [0.29, 0.717) is 42.6 Å². The van der Waals surface area contributed by atoms with E-state index in [1.807, 2.05) is 108 Å². The first-order valence-electron chi connectivity index (χ1n) is 40.1. The lowest BCUT2D eigenvalue weighted by Gasteiger charge is -2.38. The van der Waals surface area contributed by atoms with Gasteiger partial charge in [-0.15, -0.1) is 0 Å². The van der Waals surface area contributed by atoms with Crippen molar-refractivity contribution in [2.45, 2.75) is 91.3 Å². The Bertz CT molecular complexity index is 5330. The van der Waals surface area contributed by atoms with Crippen molar-refractivity contribution in [3.8, 4) is 0 Å². The molecular weight excluding hydrogens is 1710 g/mol. The van der Waals surface area contributed by atoms with Crippen LogP contribution in [0.25, 0.3) is 16.7 Å². The number of benzene rings is 6. The molecule has 0 radical (unpaired) electrons. The third-order valence-corrected chi connectivity index (χ3v) is 34.0. The van der Waals surface area contributed by atoms with Gasteiger partial charge in [-0.05, 0) is 270 Å². The fraction of sp³-hybridized carbons (Fsp3) is 0.340. The number of esters is 1. The Kier molecular flexibility index (Phi) is 32.4. The van der Waals surface area contributed by atoms with Gasteiger partial charge in [0.25, 0.3) is 11.1 Å². The molecule has 5 aliphatic heterocycles. The fourth-order valence-corrected chi connectivity index (χ4v) is 26.0. The molecule has 17 nitrogen and oxygen atoms in total. The van der Waals surface area contributed by atoms with Crippen LogP contribution in [-0.4, -0.2) is 210 Å². The molecule has 1 amide bonds. The monoisotopic (exact) mass is 1820 g/mol. The molecule has 642 valence electrons. The molecule has 0 bridgehead atoms. The van der Waals surface area contributed by atoms with Gasteiger partial charge in [0.15, 0.2) is 17.1 Å². The number of rotatable bonds is 11. The number of hydrogen-bond acceptors (Lipinski definition) is 12. The number of fused-ring (bicyclic) bond motifs is 6. The number of carbonyl (C=O) groups excluding carboxylic acids is 4. The van der Waals surface area contributed by atoms with E-state index in [4.69, 9.17) is 16.3 Å². The van der Waals surface area contributed by atoms with Gasteiger partial charge < -0.3 is 69.5 Å². The first-order chi connectivity index (χ1) is 55.7. The summed E-state index contributed by atoms with van der Waals surface area (Å²) in [5, 5.41) is 29.1. The molecule has 0 atom stereocenters. The number of ether oxygens (including phenoxy) is 1. The van der Waals surface area contributed by atoms with Gasteiger partial charge in [-0.2, -0.15) is 0 Å². The lowest BCUT2D eigenvalue weighted by Crippen LogP contribution is -3.00. The van der Waals surface area contributed by atoms with E-state index < -0.39 is 46.6 Å². The van der Waals surface area contributed by atoms with Crippen LogP contribution in [0.3, 0.4) is 0 Å². The van der Waals surface area contributed by atoms with Crippen molar-refractivity contribution >= 4 is 170 Å². The second-order valence-corrected chi connectivity index (χ2v) is 54.8. The lowest BCUT2D eigenvalue weighted by molar-refractivity contribution is -0.462. The van der Waals surface area contributed by atoms with Crippen LogP contribution in [0.5, 0.6) is 0 Å². The summed E-state index contributed by atoms with van der Waals surface area (Å²) in [6.07, 6.45) is 22.8. The second-order valence-electron chi connectivity index (χ2n) is 34.8. The van der Waals surface area contributed by atoms with Gasteiger partial charge in [-0.1, -0.05) is 118 Å². The average Bonchev–Trinajstić information content (AvgIpc) is 0.729. The molecule has 2 saturated heterocycles. The van der Waals surface area contributed by atoms with Gasteiger partial charge >= 0.3 is 17.1 Å². The summed E-state index contributed by atoms with van der Waals surface area (Å²) in [4.78, 5) is 69.5. The van der Waals surface area contributed by atoms with Crippen LogP contribution < -0.4 is 65.5 Å². The maximum Gasteiger partial charge on any atom is 0.339 e. The number of likely N-dealkylation sites (tertiary alicyclic amines) is 1. The number of halogens is 6. The molecule has 5 heterocycles. The first kappa shape index (κ1) is 98.0. The molecule has 0 unspecified atom stereocenters. The molecular formula is C94H113Cl6N8O9PSi3. The highest BCUT2D eigenvalue weighted by Crippen LogP contribution is 2.61. The Morgan fingerprint density at radius 2 is 0.802 bits per heavy atom. The molecule has 0 aromatic heterocycles. The quantitative estimate of drug-likeness (QED) is 0.0411. The van der Waals surface area contributed by atoms with E-state index >= 15 is 0 Å². The average molecular weight is 1830 g/mol. The third-order valence-electron chi connectivity index (χ3n) is 23.2. The van der Waals surface area contributed by atoms with Gasteiger partial charge in [0.05, 0.1) is 17.8 Å².